The van der Waals surface area contributed by atoms with Crippen LogP contribution in [-0.2, 0) is 24.1 Å². The van der Waals surface area contributed by atoms with Crippen LogP contribution in [0.4, 0.5) is 0 Å². The standard InChI is InChI=1S/C14H20O2/c1-4-11-8-10(3)9-12(5-2)13(11)6-7-14(15)16/h8-9H,4-7H2,1-3H3,(H,15,16). The van der Waals surface area contributed by atoms with Crippen LogP contribution in [0.25, 0.3) is 0 Å². The third-order valence-electron chi connectivity index (χ3n) is 2.93. The molecule has 0 amide bonds. The van der Waals surface area contributed by atoms with Crippen LogP contribution in [0, 0.1) is 6.92 Å². The first-order chi connectivity index (χ1) is 7.58. The number of hydrogen-bond donors (Lipinski definition) is 1. The summed E-state index contributed by atoms with van der Waals surface area (Å²) in [5.74, 6) is -0.718. The lowest BCUT2D eigenvalue weighted by Gasteiger charge is -2.13. The summed E-state index contributed by atoms with van der Waals surface area (Å²) in [7, 11) is 0. The van der Waals surface area contributed by atoms with Crippen molar-refractivity contribution in [3.8, 4) is 0 Å². The van der Waals surface area contributed by atoms with E-state index in [0.717, 1.165) is 12.8 Å². The molecule has 1 N–H and O–H groups in total. The monoisotopic (exact) mass is 220 g/mol. The molecule has 0 heterocycles. The van der Waals surface area contributed by atoms with E-state index < -0.39 is 5.97 Å². The van der Waals surface area contributed by atoms with Crippen molar-refractivity contribution in [1.29, 1.82) is 0 Å². The van der Waals surface area contributed by atoms with Crippen molar-refractivity contribution in [2.24, 2.45) is 0 Å². The molecule has 1 aromatic rings. The SMILES string of the molecule is CCc1cc(C)cc(CC)c1CCC(=O)O. The molecule has 16 heavy (non-hydrogen) atoms. The number of rotatable bonds is 5. The number of hydrogen-bond acceptors (Lipinski definition) is 1. The molecule has 2 nitrogen and oxygen atoms in total. The molecule has 0 saturated heterocycles. The highest BCUT2D eigenvalue weighted by Gasteiger charge is 2.09. The van der Waals surface area contributed by atoms with Crippen molar-refractivity contribution in [3.05, 3.63) is 34.4 Å². The average molecular weight is 220 g/mol. The van der Waals surface area contributed by atoms with Gasteiger partial charge in [-0.15, -0.1) is 0 Å². The number of carbonyl (C=O) groups is 1. The molecule has 0 aliphatic heterocycles. The normalized spacial score (nSPS) is 10.4. The minimum absolute atomic E-state index is 0.225. The first-order valence-corrected chi connectivity index (χ1v) is 5.91. The van der Waals surface area contributed by atoms with E-state index in [1.54, 1.807) is 0 Å². The van der Waals surface area contributed by atoms with Crippen LogP contribution < -0.4 is 0 Å². The van der Waals surface area contributed by atoms with E-state index in [-0.39, 0.29) is 6.42 Å². The van der Waals surface area contributed by atoms with Crippen LogP contribution in [0.3, 0.4) is 0 Å². The molecule has 0 aliphatic rings. The van der Waals surface area contributed by atoms with E-state index in [4.69, 9.17) is 5.11 Å². The molecule has 1 aromatic carbocycles. The van der Waals surface area contributed by atoms with Crippen LogP contribution in [0.1, 0.15) is 42.5 Å². The van der Waals surface area contributed by atoms with E-state index in [1.165, 1.54) is 22.3 Å². The Bertz CT molecular complexity index is 355. The highest BCUT2D eigenvalue weighted by Crippen LogP contribution is 2.20. The number of benzene rings is 1. The summed E-state index contributed by atoms with van der Waals surface area (Å²) in [6.07, 6.45) is 2.83. The smallest absolute Gasteiger partial charge is 0.303 e. The zero-order valence-electron chi connectivity index (χ0n) is 10.3. The Morgan fingerprint density at radius 2 is 1.69 bits per heavy atom. The maximum Gasteiger partial charge on any atom is 0.303 e. The Labute approximate surface area is 97.3 Å². The third-order valence-corrected chi connectivity index (χ3v) is 2.93. The van der Waals surface area contributed by atoms with E-state index >= 15 is 0 Å². The van der Waals surface area contributed by atoms with Crippen LogP contribution in [0.2, 0.25) is 0 Å². The second-order valence-corrected chi connectivity index (χ2v) is 4.16. The molecule has 0 saturated carbocycles. The first kappa shape index (κ1) is 12.8. The fourth-order valence-corrected chi connectivity index (χ4v) is 2.16. The van der Waals surface area contributed by atoms with Gasteiger partial charge < -0.3 is 5.11 Å². The van der Waals surface area contributed by atoms with Gasteiger partial charge in [0, 0.05) is 6.42 Å². The predicted octanol–water partition coefficient (Wildman–Crippen LogP) is 3.14. The van der Waals surface area contributed by atoms with Crippen LogP contribution in [0.15, 0.2) is 12.1 Å². The lowest BCUT2D eigenvalue weighted by atomic mass is 9.92. The molecule has 0 unspecified atom stereocenters. The summed E-state index contributed by atoms with van der Waals surface area (Å²) in [4.78, 5) is 10.6. The fraction of sp³-hybridized carbons (Fsp3) is 0.500. The van der Waals surface area contributed by atoms with Crippen LogP contribution in [-0.4, -0.2) is 11.1 Å². The minimum Gasteiger partial charge on any atom is -0.481 e. The Balaban J connectivity index is 3.06. The topological polar surface area (TPSA) is 37.3 Å². The highest BCUT2D eigenvalue weighted by atomic mass is 16.4. The maximum absolute atomic E-state index is 10.6. The molecule has 88 valence electrons. The van der Waals surface area contributed by atoms with Gasteiger partial charge >= 0.3 is 5.97 Å². The zero-order chi connectivity index (χ0) is 12.1. The van der Waals surface area contributed by atoms with Gasteiger partial charge in [0.15, 0.2) is 0 Å². The van der Waals surface area contributed by atoms with Gasteiger partial charge in [-0.25, -0.2) is 0 Å². The summed E-state index contributed by atoms with van der Waals surface area (Å²) in [5.41, 5.74) is 5.13. The number of aryl methyl sites for hydroxylation is 3. The van der Waals surface area contributed by atoms with Crippen molar-refractivity contribution >= 4 is 5.97 Å². The molecular weight excluding hydrogens is 200 g/mol. The third kappa shape index (κ3) is 3.09. The molecule has 0 radical (unpaired) electrons. The maximum atomic E-state index is 10.6. The van der Waals surface area contributed by atoms with Crippen molar-refractivity contribution < 1.29 is 9.90 Å². The first-order valence-electron chi connectivity index (χ1n) is 5.91. The molecule has 0 aromatic heterocycles. The van der Waals surface area contributed by atoms with Gasteiger partial charge in [0.05, 0.1) is 0 Å². The molecule has 0 bridgehead atoms. The number of carboxylic acids is 1. The molecule has 0 fully saturated rings. The highest BCUT2D eigenvalue weighted by molar-refractivity contribution is 5.67. The molecule has 1 rings (SSSR count). The molecule has 0 spiro atoms. The quantitative estimate of drug-likeness (QED) is 0.827. The summed E-state index contributed by atoms with van der Waals surface area (Å²) < 4.78 is 0. The summed E-state index contributed by atoms with van der Waals surface area (Å²) in [6.45, 7) is 6.34. The largest absolute Gasteiger partial charge is 0.481 e. The molecule has 0 atom stereocenters. The number of carboxylic acid groups (broad SMARTS) is 1. The van der Waals surface area contributed by atoms with Gasteiger partial charge in [-0.2, -0.15) is 0 Å². The minimum atomic E-state index is -0.718. The molecule has 0 aliphatic carbocycles. The summed E-state index contributed by atoms with van der Waals surface area (Å²) in [5, 5.41) is 8.76. The van der Waals surface area contributed by atoms with E-state index in [1.807, 2.05) is 0 Å². The van der Waals surface area contributed by atoms with E-state index in [2.05, 4.69) is 32.9 Å². The average Bonchev–Trinajstić information content (AvgIpc) is 2.25. The summed E-state index contributed by atoms with van der Waals surface area (Å²) in [6, 6.07) is 4.35. The predicted molar refractivity (Wildman–Crippen MR) is 65.9 cm³/mol. The second-order valence-electron chi connectivity index (χ2n) is 4.16. The van der Waals surface area contributed by atoms with Gasteiger partial charge in [-0.3, -0.25) is 4.79 Å². The van der Waals surface area contributed by atoms with Crippen LogP contribution in [0.5, 0.6) is 0 Å². The van der Waals surface area contributed by atoms with Crippen LogP contribution >= 0.6 is 0 Å². The van der Waals surface area contributed by atoms with Crippen molar-refractivity contribution in [3.63, 3.8) is 0 Å². The molecular formula is C14H20O2. The Kier molecular flexibility index (Phi) is 4.53. The van der Waals surface area contributed by atoms with Gasteiger partial charge in [0.2, 0.25) is 0 Å². The lowest BCUT2D eigenvalue weighted by molar-refractivity contribution is -0.136. The molecule has 2 heteroatoms. The van der Waals surface area contributed by atoms with Gasteiger partial charge in [0.25, 0.3) is 0 Å². The second kappa shape index (κ2) is 5.69. The lowest BCUT2D eigenvalue weighted by Crippen LogP contribution is -2.04. The Hall–Kier alpha value is -1.31. The van der Waals surface area contributed by atoms with Crippen molar-refractivity contribution in [1.82, 2.24) is 0 Å². The summed E-state index contributed by atoms with van der Waals surface area (Å²) >= 11 is 0. The zero-order valence-corrected chi connectivity index (χ0v) is 10.3. The Morgan fingerprint density at radius 3 is 2.06 bits per heavy atom. The van der Waals surface area contributed by atoms with Gasteiger partial charge in [-0.1, -0.05) is 31.5 Å². The van der Waals surface area contributed by atoms with Gasteiger partial charge in [-0.05, 0) is 42.9 Å². The van der Waals surface area contributed by atoms with Crippen molar-refractivity contribution in [2.45, 2.75) is 46.5 Å². The van der Waals surface area contributed by atoms with E-state index in [0.29, 0.717) is 6.42 Å². The Morgan fingerprint density at radius 1 is 1.19 bits per heavy atom. The number of aliphatic carboxylic acids is 1. The van der Waals surface area contributed by atoms with E-state index in [9.17, 15) is 4.79 Å². The van der Waals surface area contributed by atoms with Gasteiger partial charge in [0.1, 0.15) is 0 Å². The fourth-order valence-electron chi connectivity index (χ4n) is 2.16. The van der Waals surface area contributed by atoms with Crippen molar-refractivity contribution in [2.75, 3.05) is 0 Å².